The topological polar surface area (TPSA) is 98.4 Å². The van der Waals surface area contributed by atoms with Crippen LogP contribution in [0.15, 0.2) is 42.5 Å². The molecule has 9 heteroatoms. The number of carbonyl (C=O) groups is 1. The van der Waals surface area contributed by atoms with E-state index < -0.39 is 12.1 Å². The molecule has 0 spiro atoms. The molecule has 2 heterocycles. The highest BCUT2D eigenvalue weighted by Crippen LogP contribution is 2.37. The first kappa shape index (κ1) is 18.9. The Labute approximate surface area is 166 Å². The summed E-state index contributed by atoms with van der Waals surface area (Å²) in [7, 11) is 3.09. The third-order valence-corrected chi connectivity index (χ3v) is 4.63. The van der Waals surface area contributed by atoms with Gasteiger partial charge in [-0.2, -0.15) is 5.10 Å². The van der Waals surface area contributed by atoms with E-state index in [-0.39, 0.29) is 18.3 Å². The molecule has 3 aromatic rings. The van der Waals surface area contributed by atoms with Gasteiger partial charge in [-0.05, 0) is 29.8 Å². The number of H-pyrrole nitrogens is 1. The fraction of sp³-hybridized carbons (Fsp3) is 0.250. The summed E-state index contributed by atoms with van der Waals surface area (Å²) < 4.78 is 29.9. The zero-order valence-electron chi connectivity index (χ0n) is 15.8. The predicted molar refractivity (Wildman–Crippen MR) is 101 cm³/mol. The van der Waals surface area contributed by atoms with Crippen molar-refractivity contribution in [2.24, 2.45) is 0 Å². The number of nitrogens with one attached hydrogen (secondary N) is 2. The van der Waals surface area contributed by atoms with Crippen LogP contribution in [0.3, 0.4) is 0 Å². The van der Waals surface area contributed by atoms with E-state index in [9.17, 15) is 9.18 Å². The summed E-state index contributed by atoms with van der Waals surface area (Å²) in [5.41, 5.74) is 1.29. The van der Waals surface area contributed by atoms with Crippen molar-refractivity contribution in [3.05, 3.63) is 59.7 Å². The molecule has 2 atom stereocenters. The summed E-state index contributed by atoms with van der Waals surface area (Å²) in [5.74, 6) is 1.24. The minimum Gasteiger partial charge on any atom is -0.493 e. The lowest BCUT2D eigenvalue weighted by atomic mass is 9.98. The Bertz CT molecular complexity index is 1040. The standard InChI is InChI=1S/C20H19FN4O4/c1-27-14-7-6-11(9-15(14)28-2)17-18(29-10-16(26)22-17)20-23-19(24-25-20)12-4-3-5-13(21)8-12/h3-9,17-18H,10H2,1-2H3,(H,22,26)(H,23,24,25)/t17-,18+/m1/s1. The van der Waals surface area contributed by atoms with Gasteiger partial charge in [-0.1, -0.05) is 18.2 Å². The van der Waals surface area contributed by atoms with E-state index >= 15 is 0 Å². The number of carbonyl (C=O) groups excluding carboxylic acids is 1. The Kier molecular flexibility index (Phi) is 5.13. The molecule has 0 unspecified atom stereocenters. The Morgan fingerprint density at radius 2 is 1.97 bits per heavy atom. The van der Waals surface area contributed by atoms with Crippen molar-refractivity contribution in [2.45, 2.75) is 12.1 Å². The normalized spacial score (nSPS) is 18.9. The van der Waals surface area contributed by atoms with E-state index in [1.54, 1.807) is 31.4 Å². The maximum Gasteiger partial charge on any atom is 0.246 e. The molecule has 0 bridgehead atoms. The van der Waals surface area contributed by atoms with Crippen molar-refractivity contribution in [1.29, 1.82) is 0 Å². The maximum absolute atomic E-state index is 13.5. The number of morpholine rings is 1. The van der Waals surface area contributed by atoms with Crippen LogP contribution in [-0.2, 0) is 9.53 Å². The van der Waals surface area contributed by atoms with Crippen LogP contribution in [-0.4, -0.2) is 41.9 Å². The maximum atomic E-state index is 13.5. The van der Waals surface area contributed by atoms with Crippen molar-refractivity contribution in [1.82, 2.24) is 20.5 Å². The molecule has 0 aliphatic carbocycles. The summed E-state index contributed by atoms with van der Waals surface area (Å²) in [4.78, 5) is 16.4. The Morgan fingerprint density at radius 3 is 2.72 bits per heavy atom. The molecule has 0 radical (unpaired) electrons. The van der Waals surface area contributed by atoms with E-state index in [4.69, 9.17) is 14.2 Å². The van der Waals surface area contributed by atoms with Gasteiger partial charge in [-0.3, -0.25) is 9.89 Å². The molecule has 2 aromatic carbocycles. The lowest BCUT2D eigenvalue weighted by Crippen LogP contribution is -2.42. The largest absolute Gasteiger partial charge is 0.493 e. The molecule has 4 rings (SSSR count). The molecular formula is C20H19FN4O4. The van der Waals surface area contributed by atoms with Crippen LogP contribution < -0.4 is 14.8 Å². The van der Waals surface area contributed by atoms with Gasteiger partial charge in [0.2, 0.25) is 5.91 Å². The van der Waals surface area contributed by atoms with E-state index in [0.29, 0.717) is 28.7 Å². The zero-order chi connectivity index (χ0) is 20.4. The first-order chi connectivity index (χ1) is 14.1. The number of aromatic nitrogens is 3. The lowest BCUT2D eigenvalue weighted by Gasteiger charge is -2.31. The van der Waals surface area contributed by atoms with Gasteiger partial charge >= 0.3 is 0 Å². The molecule has 1 saturated heterocycles. The van der Waals surface area contributed by atoms with Gasteiger partial charge in [0.25, 0.3) is 0 Å². The van der Waals surface area contributed by atoms with Crippen molar-refractivity contribution >= 4 is 5.91 Å². The number of hydrogen-bond acceptors (Lipinski definition) is 6. The lowest BCUT2D eigenvalue weighted by molar-refractivity contribution is -0.137. The van der Waals surface area contributed by atoms with Crippen LogP contribution in [0, 0.1) is 5.82 Å². The fourth-order valence-corrected chi connectivity index (χ4v) is 3.25. The molecule has 29 heavy (non-hydrogen) atoms. The van der Waals surface area contributed by atoms with Gasteiger partial charge < -0.3 is 19.5 Å². The van der Waals surface area contributed by atoms with Gasteiger partial charge in [0.05, 0.1) is 20.3 Å². The van der Waals surface area contributed by atoms with E-state index in [1.165, 1.54) is 19.2 Å². The number of aromatic amines is 1. The second-order valence-corrected chi connectivity index (χ2v) is 6.45. The fourth-order valence-electron chi connectivity index (χ4n) is 3.25. The highest BCUT2D eigenvalue weighted by molar-refractivity contribution is 5.78. The SMILES string of the molecule is COc1ccc([C@H]2NC(=O)CO[C@@H]2c2nc(-c3cccc(F)c3)n[nH]2)cc1OC. The van der Waals surface area contributed by atoms with Crippen molar-refractivity contribution in [3.8, 4) is 22.9 Å². The average molecular weight is 398 g/mol. The summed E-state index contributed by atoms with van der Waals surface area (Å²) in [6, 6.07) is 10.8. The number of hydrogen-bond donors (Lipinski definition) is 2. The molecule has 8 nitrogen and oxygen atoms in total. The van der Waals surface area contributed by atoms with Crippen LogP contribution >= 0.6 is 0 Å². The average Bonchev–Trinajstić information content (AvgIpc) is 3.23. The van der Waals surface area contributed by atoms with Crippen molar-refractivity contribution < 1.29 is 23.4 Å². The Balaban J connectivity index is 1.68. The Morgan fingerprint density at radius 1 is 1.14 bits per heavy atom. The highest BCUT2D eigenvalue weighted by atomic mass is 19.1. The molecule has 0 saturated carbocycles. The number of rotatable bonds is 5. The van der Waals surface area contributed by atoms with E-state index in [1.807, 2.05) is 6.07 Å². The number of amides is 1. The number of ether oxygens (including phenoxy) is 3. The quantitative estimate of drug-likeness (QED) is 0.686. The summed E-state index contributed by atoms with van der Waals surface area (Å²) in [5, 5.41) is 9.93. The second-order valence-electron chi connectivity index (χ2n) is 6.45. The van der Waals surface area contributed by atoms with E-state index in [2.05, 4.69) is 20.5 Å². The number of methoxy groups -OCH3 is 2. The number of halogens is 1. The number of benzene rings is 2. The van der Waals surface area contributed by atoms with Crippen LogP contribution in [0.2, 0.25) is 0 Å². The first-order valence-electron chi connectivity index (χ1n) is 8.90. The third-order valence-electron chi connectivity index (χ3n) is 4.63. The van der Waals surface area contributed by atoms with Crippen LogP contribution in [0.25, 0.3) is 11.4 Å². The van der Waals surface area contributed by atoms with Gasteiger partial charge in [-0.25, -0.2) is 9.37 Å². The summed E-state index contributed by atoms with van der Waals surface area (Å²) in [6.07, 6.45) is -0.611. The van der Waals surface area contributed by atoms with Crippen molar-refractivity contribution in [2.75, 3.05) is 20.8 Å². The van der Waals surface area contributed by atoms with Crippen molar-refractivity contribution in [3.63, 3.8) is 0 Å². The second kappa shape index (κ2) is 7.88. The van der Waals surface area contributed by atoms with Gasteiger partial charge in [-0.15, -0.1) is 0 Å². The number of nitrogens with zero attached hydrogens (tertiary/aromatic N) is 2. The zero-order valence-corrected chi connectivity index (χ0v) is 15.8. The van der Waals surface area contributed by atoms with Gasteiger partial charge in [0.1, 0.15) is 18.5 Å². The van der Waals surface area contributed by atoms with Gasteiger partial charge in [0, 0.05) is 5.56 Å². The molecule has 1 aliphatic heterocycles. The molecule has 1 amide bonds. The van der Waals surface area contributed by atoms with Crippen LogP contribution in [0.1, 0.15) is 23.5 Å². The summed E-state index contributed by atoms with van der Waals surface area (Å²) in [6.45, 7) is -0.107. The highest BCUT2D eigenvalue weighted by Gasteiger charge is 2.35. The summed E-state index contributed by atoms with van der Waals surface area (Å²) >= 11 is 0. The molecule has 1 aliphatic rings. The van der Waals surface area contributed by atoms with Gasteiger partial charge in [0.15, 0.2) is 23.1 Å². The Hall–Kier alpha value is -3.46. The third kappa shape index (κ3) is 3.77. The molecule has 1 aromatic heterocycles. The molecule has 2 N–H and O–H groups in total. The molecule has 150 valence electrons. The predicted octanol–water partition coefficient (Wildman–Crippen LogP) is 2.56. The first-order valence-corrected chi connectivity index (χ1v) is 8.90. The monoisotopic (exact) mass is 398 g/mol. The van der Waals surface area contributed by atoms with Crippen LogP contribution in [0.4, 0.5) is 4.39 Å². The minimum atomic E-state index is -0.611. The molecule has 1 fully saturated rings. The molecular weight excluding hydrogens is 379 g/mol. The smallest absolute Gasteiger partial charge is 0.246 e. The van der Waals surface area contributed by atoms with E-state index in [0.717, 1.165) is 5.56 Å². The minimum absolute atomic E-state index is 0.107. The van der Waals surface area contributed by atoms with Crippen LogP contribution in [0.5, 0.6) is 11.5 Å².